The van der Waals surface area contributed by atoms with Crippen LogP contribution < -0.4 is 4.72 Å². The Balaban J connectivity index is 1.49. The number of nitrogens with one attached hydrogen (secondary N) is 1. The molecule has 3 heterocycles. The van der Waals surface area contributed by atoms with Crippen molar-refractivity contribution < 1.29 is 22.5 Å². The average Bonchev–Trinajstić information content (AvgIpc) is 3.69. The first kappa shape index (κ1) is 31.8. The summed E-state index contributed by atoms with van der Waals surface area (Å²) in [6.45, 7) is 9.02. The summed E-state index contributed by atoms with van der Waals surface area (Å²) in [5, 5.41) is 3.87. The normalized spacial score (nSPS) is 16.2. The molecular formula is C33H43N5O5S. The highest BCUT2D eigenvalue weighted by atomic mass is 32.2. The van der Waals surface area contributed by atoms with Gasteiger partial charge in [0, 0.05) is 30.4 Å². The Kier molecular flexibility index (Phi) is 9.84. The summed E-state index contributed by atoms with van der Waals surface area (Å²) in [6.07, 6.45) is 9.96. The van der Waals surface area contributed by atoms with E-state index in [1.807, 2.05) is 23.1 Å². The Labute approximate surface area is 260 Å². The van der Waals surface area contributed by atoms with Gasteiger partial charge in [0.1, 0.15) is 16.3 Å². The molecule has 10 nitrogen and oxygen atoms in total. The van der Waals surface area contributed by atoms with E-state index in [4.69, 9.17) is 14.3 Å². The molecule has 5 rings (SSSR count). The lowest BCUT2D eigenvalue weighted by atomic mass is 9.97. The lowest BCUT2D eigenvalue weighted by Gasteiger charge is -2.23. The van der Waals surface area contributed by atoms with Crippen LogP contribution in [0.3, 0.4) is 0 Å². The van der Waals surface area contributed by atoms with Gasteiger partial charge in [0.05, 0.1) is 24.5 Å². The predicted octanol–water partition coefficient (Wildman–Crippen LogP) is 6.71. The summed E-state index contributed by atoms with van der Waals surface area (Å²) < 4.78 is 41.0. The number of unbranched alkanes of at least 4 members (excludes halogenated alkanes) is 2. The van der Waals surface area contributed by atoms with Crippen LogP contribution in [0.2, 0.25) is 0 Å². The Morgan fingerprint density at radius 3 is 2.57 bits per heavy atom. The number of nitrogens with zero attached hydrogens (tertiary/aromatic N) is 4. The molecule has 44 heavy (non-hydrogen) atoms. The molecule has 1 amide bonds. The predicted molar refractivity (Wildman–Crippen MR) is 170 cm³/mol. The number of aliphatic imine (C=N–C) groups is 1. The summed E-state index contributed by atoms with van der Waals surface area (Å²) >= 11 is 0. The van der Waals surface area contributed by atoms with Gasteiger partial charge in [-0.2, -0.15) is 0 Å². The number of anilines is 1. The molecule has 11 heteroatoms. The van der Waals surface area contributed by atoms with E-state index >= 15 is 0 Å². The second-order valence-corrected chi connectivity index (χ2v) is 13.5. The van der Waals surface area contributed by atoms with Gasteiger partial charge in [-0.05, 0) is 62.8 Å². The molecule has 0 radical (unpaired) electrons. The molecule has 3 aromatic rings. The molecule has 1 aliphatic carbocycles. The lowest BCUT2D eigenvalue weighted by Crippen LogP contribution is -2.40. The maximum atomic E-state index is 13.7. The first-order valence-corrected chi connectivity index (χ1v) is 17.2. The van der Waals surface area contributed by atoms with E-state index in [0.717, 1.165) is 74.7 Å². The van der Waals surface area contributed by atoms with Crippen molar-refractivity contribution in [3.63, 3.8) is 0 Å². The molecule has 1 aromatic carbocycles. The number of carbonyl (C=O) groups is 1. The topological polar surface area (TPSA) is 127 Å². The molecule has 1 saturated carbocycles. The third-order valence-corrected chi connectivity index (χ3v) is 9.95. The van der Waals surface area contributed by atoms with Crippen LogP contribution in [0.25, 0.3) is 11.3 Å². The highest BCUT2D eigenvalue weighted by Gasteiger charge is 2.49. The zero-order valence-electron chi connectivity index (χ0n) is 26.2. The molecule has 2 aromatic heterocycles. The van der Waals surface area contributed by atoms with Gasteiger partial charge in [0.25, 0.3) is 15.9 Å². The van der Waals surface area contributed by atoms with Gasteiger partial charge in [-0.3, -0.25) is 19.7 Å². The Hall–Kier alpha value is -3.57. The first-order chi connectivity index (χ1) is 21.2. The second kappa shape index (κ2) is 13.6. The number of pyridine rings is 1. The summed E-state index contributed by atoms with van der Waals surface area (Å²) in [5.74, 6) is 1.06. The lowest BCUT2D eigenvalue weighted by molar-refractivity contribution is -0.131. The van der Waals surface area contributed by atoms with E-state index < -0.39 is 15.6 Å². The number of sulfonamides is 1. The fourth-order valence-corrected chi connectivity index (χ4v) is 7.12. The number of aryl methyl sites for hydroxylation is 1. The second-order valence-electron chi connectivity index (χ2n) is 11.8. The zero-order valence-corrected chi connectivity index (χ0v) is 27.0. The first-order valence-electron chi connectivity index (χ1n) is 15.7. The maximum absolute atomic E-state index is 13.7. The van der Waals surface area contributed by atoms with Crippen LogP contribution in [-0.4, -0.2) is 47.3 Å². The number of aromatic nitrogens is 2. The van der Waals surface area contributed by atoms with Crippen LogP contribution in [0.15, 0.2) is 50.9 Å². The standard InChI is InChI=1S/C33H43N5O5S/c1-5-7-13-29-35-33(16-9-10-17-33)32(39)38(29)21-25-14-15-27(26(20-25)22-42-19-8-6-2)30-28(12-11-18-34-30)44(40,41)37-31-23(3)24(4)36-43-31/h11-12,14-15,18,20,37H,5-10,13,16-17,19,21-22H2,1-4H3. The van der Waals surface area contributed by atoms with E-state index in [2.05, 4.69) is 28.7 Å². The summed E-state index contributed by atoms with van der Waals surface area (Å²) in [4.78, 5) is 25.2. The molecule has 2 aliphatic rings. The van der Waals surface area contributed by atoms with Crippen LogP contribution in [-0.2, 0) is 32.7 Å². The molecule has 0 saturated heterocycles. The van der Waals surface area contributed by atoms with Crippen molar-refractivity contribution in [3.8, 4) is 11.3 Å². The highest BCUT2D eigenvalue weighted by molar-refractivity contribution is 7.92. The van der Waals surface area contributed by atoms with Gasteiger partial charge < -0.3 is 9.26 Å². The van der Waals surface area contributed by atoms with Crippen molar-refractivity contribution in [2.75, 3.05) is 11.3 Å². The number of ether oxygens (including phenoxy) is 1. The van der Waals surface area contributed by atoms with Gasteiger partial charge in [-0.1, -0.05) is 62.9 Å². The number of carbonyl (C=O) groups excluding carboxylic acids is 1. The molecule has 1 spiro atoms. The molecular weight excluding hydrogens is 578 g/mol. The quantitative estimate of drug-likeness (QED) is 0.198. The van der Waals surface area contributed by atoms with Gasteiger partial charge >= 0.3 is 0 Å². The molecule has 0 bridgehead atoms. The van der Waals surface area contributed by atoms with Crippen molar-refractivity contribution in [2.45, 2.75) is 109 Å². The summed E-state index contributed by atoms with van der Waals surface area (Å²) in [6, 6.07) is 8.95. The minimum absolute atomic E-state index is 0.0166. The summed E-state index contributed by atoms with van der Waals surface area (Å²) in [7, 11) is -4.07. The fourth-order valence-electron chi connectivity index (χ4n) is 5.90. The minimum Gasteiger partial charge on any atom is -0.377 e. The van der Waals surface area contributed by atoms with E-state index in [0.29, 0.717) is 35.7 Å². The Bertz CT molecular complexity index is 1620. The molecule has 236 valence electrons. The molecule has 0 atom stereocenters. The third kappa shape index (κ3) is 6.58. The van der Waals surface area contributed by atoms with Crippen molar-refractivity contribution in [2.24, 2.45) is 4.99 Å². The number of rotatable bonds is 14. The van der Waals surface area contributed by atoms with Crippen molar-refractivity contribution >= 4 is 27.7 Å². The molecule has 0 unspecified atom stereocenters. The van der Waals surface area contributed by atoms with Gasteiger partial charge in [0.15, 0.2) is 0 Å². The van der Waals surface area contributed by atoms with Crippen LogP contribution in [0.5, 0.6) is 0 Å². The fraction of sp³-hybridized carbons (Fsp3) is 0.515. The van der Waals surface area contributed by atoms with Gasteiger partial charge in [0.2, 0.25) is 5.88 Å². The number of amides is 1. The highest BCUT2D eigenvalue weighted by Crippen LogP contribution is 2.40. The van der Waals surface area contributed by atoms with Crippen LogP contribution >= 0.6 is 0 Å². The number of benzene rings is 1. The van der Waals surface area contributed by atoms with Gasteiger partial charge in [-0.25, -0.2) is 13.1 Å². The average molecular weight is 622 g/mol. The van der Waals surface area contributed by atoms with E-state index in [1.165, 1.54) is 6.07 Å². The van der Waals surface area contributed by atoms with Crippen LogP contribution in [0.1, 0.15) is 94.0 Å². The Morgan fingerprint density at radius 1 is 1.09 bits per heavy atom. The molecule has 1 aliphatic heterocycles. The minimum atomic E-state index is -4.07. The van der Waals surface area contributed by atoms with Crippen molar-refractivity contribution in [1.29, 1.82) is 0 Å². The van der Waals surface area contributed by atoms with Crippen molar-refractivity contribution in [3.05, 3.63) is 58.9 Å². The largest absolute Gasteiger partial charge is 0.377 e. The molecule has 1 fully saturated rings. The maximum Gasteiger partial charge on any atom is 0.266 e. The van der Waals surface area contributed by atoms with E-state index in [9.17, 15) is 13.2 Å². The molecule has 1 N–H and O–H groups in total. The zero-order chi connectivity index (χ0) is 31.3. The van der Waals surface area contributed by atoms with E-state index in [1.54, 1.807) is 26.1 Å². The summed E-state index contributed by atoms with van der Waals surface area (Å²) in [5.41, 5.74) is 3.31. The van der Waals surface area contributed by atoms with Crippen LogP contribution in [0, 0.1) is 13.8 Å². The number of amidine groups is 1. The van der Waals surface area contributed by atoms with Gasteiger partial charge in [-0.15, -0.1) is 0 Å². The monoisotopic (exact) mass is 621 g/mol. The van der Waals surface area contributed by atoms with Crippen molar-refractivity contribution in [1.82, 2.24) is 15.0 Å². The van der Waals surface area contributed by atoms with Crippen LogP contribution in [0.4, 0.5) is 5.88 Å². The number of hydrogen-bond acceptors (Lipinski definition) is 8. The smallest absolute Gasteiger partial charge is 0.266 e. The van der Waals surface area contributed by atoms with E-state index in [-0.39, 0.29) is 23.3 Å². The number of hydrogen-bond donors (Lipinski definition) is 1. The third-order valence-electron chi connectivity index (χ3n) is 8.59. The SMILES string of the molecule is CCCCOCc1cc(CN2C(=O)C3(CCCC3)N=C2CCCC)ccc1-c1ncccc1S(=O)(=O)Nc1onc(C)c1C. The Morgan fingerprint density at radius 2 is 1.86 bits per heavy atom.